The summed E-state index contributed by atoms with van der Waals surface area (Å²) >= 11 is 0. The van der Waals surface area contributed by atoms with Crippen LogP contribution in [0.4, 0.5) is 0 Å². The number of carboxylic acids is 1. The summed E-state index contributed by atoms with van der Waals surface area (Å²) < 4.78 is 34.6. The Bertz CT molecular complexity index is 304. The van der Waals surface area contributed by atoms with Crippen LogP contribution in [0.1, 0.15) is 6.42 Å². The van der Waals surface area contributed by atoms with Gasteiger partial charge in [-0.15, -0.1) is 0 Å². The van der Waals surface area contributed by atoms with Gasteiger partial charge in [-0.2, -0.15) is 8.42 Å². The highest BCUT2D eigenvalue weighted by molar-refractivity contribution is 7.86. The molecule has 0 fully saturated rings. The van der Waals surface area contributed by atoms with Gasteiger partial charge in [-0.05, 0) is 6.42 Å². The predicted molar refractivity (Wildman–Crippen MR) is 48.6 cm³/mol. The molecule has 0 aromatic heterocycles. The van der Waals surface area contributed by atoms with E-state index < -0.39 is 21.3 Å². The molecule has 0 spiro atoms. The Morgan fingerprint density at radius 3 is 2.50 bits per heavy atom. The Morgan fingerprint density at radius 2 is 2.14 bits per heavy atom. The van der Waals surface area contributed by atoms with Gasteiger partial charge in [0.15, 0.2) is 0 Å². The van der Waals surface area contributed by atoms with Gasteiger partial charge in [0.2, 0.25) is 0 Å². The van der Waals surface area contributed by atoms with E-state index in [2.05, 4.69) is 4.74 Å². The van der Waals surface area contributed by atoms with Crippen molar-refractivity contribution in [2.75, 3.05) is 13.7 Å². The number of aliphatic carboxylic acids is 1. The quantitative estimate of drug-likeness (QED) is 0.483. The summed E-state index contributed by atoms with van der Waals surface area (Å²) in [7, 11) is -2.90. The molecule has 0 amide bonds. The maximum atomic E-state index is 10.7. The first kappa shape index (κ1) is 13.1. The van der Waals surface area contributed by atoms with Crippen molar-refractivity contribution in [1.29, 1.82) is 0 Å². The van der Waals surface area contributed by atoms with Gasteiger partial charge in [0, 0.05) is 13.2 Å². The highest BCUT2D eigenvalue weighted by Crippen LogP contribution is 2.05. The second kappa shape index (κ2) is 5.74. The number of methoxy groups -OCH3 is 1. The molecule has 1 atom stereocenters. The summed E-state index contributed by atoms with van der Waals surface area (Å²) in [4.78, 5) is 10.1. The van der Waals surface area contributed by atoms with Crippen molar-refractivity contribution in [2.24, 2.45) is 0 Å². The van der Waals surface area contributed by atoms with Crippen molar-refractivity contribution in [3.05, 3.63) is 12.2 Å². The van der Waals surface area contributed by atoms with Crippen molar-refractivity contribution in [3.63, 3.8) is 0 Å². The van der Waals surface area contributed by atoms with Crippen molar-refractivity contribution < 1.29 is 27.6 Å². The van der Waals surface area contributed by atoms with Crippen LogP contribution in [0, 0.1) is 0 Å². The van der Waals surface area contributed by atoms with Crippen molar-refractivity contribution in [3.8, 4) is 0 Å². The molecule has 14 heavy (non-hydrogen) atoms. The van der Waals surface area contributed by atoms with Crippen LogP contribution in [0.3, 0.4) is 0 Å². The molecule has 7 heteroatoms. The Kier molecular flexibility index (Phi) is 5.36. The van der Waals surface area contributed by atoms with Gasteiger partial charge in [0.1, 0.15) is 5.25 Å². The third-order valence-corrected chi connectivity index (χ3v) is 2.60. The zero-order valence-corrected chi connectivity index (χ0v) is 8.40. The van der Waals surface area contributed by atoms with Gasteiger partial charge >= 0.3 is 5.97 Å². The minimum atomic E-state index is -4.19. The van der Waals surface area contributed by atoms with E-state index in [1.165, 1.54) is 7.11 Å². The molecular formula is C7H12O6S. The lowest BCUT2D eigenvalue weighted by molar-refractivity contribution is -0.131. The number of carbonyl (C=O) groups is 1. The van der Waals surface area contributed by atoms with Crippen LogP contribution in [0.25, 0.3) is 0 Å². The van der Waals surface area contributed by atoms with E-state index in [9.17, 15) is 13.2 Å². The number of allylic oxidation sites excluding steroid dienone is 1. The molecule has 82 valence electrons. The molecule has 0 aliphatic rings. The minimum absolute atomic E-state index is 0.0982. The van der Waals surface area contributed by atoms with Crippen LogP contribution in [0.5, 0.6) is 0 Å². The third kappa shape index (κ3) is 5.68. The zero-order valence-electron chi connectivity index (χ0n) is 7.58. The third-order valence-electron chi connectivity index (χ3n) is 1.43. The highest BCUT2D eigenvalue weighted by Gasteiger charge is 2.21. The Balaban J connectivity index is 4.33. The van der Waals surface area contributed by atoms with E-state index in [1.807, 2.05) is 0 Å². The van der Waals surface area contributed by atoms with E-state index in [1.54, 1.807) is 0 Å². The second-order valence-electron chi connectivity index (χ2n) is 2.57. The van der Waals surface area contributed by atoms with Crippen molar-refractivity contribution >= 4 is 16.1 Å². The van der Waals surface area contributed by atoms with Gasteiger partial charge in [-0.1, -0.05) is 6.08 Å². The molecule has 2 N–H and O–H groups in total. The fourth-order valence-electron chi connectivity index (χ4n) is 0.782. The molecule has 0 saturated heterocycles. The summed E-state index contributed by atoms with van der Waals surface area (Å²) in [6.45, 7) is -0.178. The van der Waals surface area contributed by atoms with Crippen LogP contribution in [-0.2, 0) is 19.6 Å². The van der Waals surface area contributed by atoms with Gasteiger partial charge in [-0.25, -0.2) is 4.79 Å². The SMILES string of the molecule is COCC(CC=CC(=O)O)S(=O)(=O)O. The minimum Gasteiger partial charge on any atom is -0.478 e. The molecule has 0 rings (SSSR count). The molecule has 6 nitrogen and oxygen atoms in total. The standard InChI is InChI=1S/C7H12O6S/c1-13-5-6(14(10,11)12)3-2-4-7(8)9/h2,4,6H,3,5H2,1H3,(H,8,9)(H,10,11,12). The van der Waals surface area contributed by atoms with Crippen LogP contribution < -0.4 is 0 Å². The van der Waals surface area contributed by atoms with Crippen molar-refractivity contribution in [2.45, 2.75) is 11.7 Å². The van der Waals surface area contributed by atoms with Crippen LogP contribution in [0.2, 0.25) is 0 Å². The molecular weight excluding hydrogens is 212 g/mol. The average molecular weight is 224 g/mol. The summed E-state index contributed by atoms with van der Waals surface area (Å²) in [5.41, 5.74) is 0. The molecule has 1 unspecified atom stereocenters. The van der Waals surface area contributed by atoms with Crippen LogP contribution in [-0.4, -0.2) is 43.0 Å². The highest BCUT2D eigenvalue weighted by atomic mass is 32.2. The summed E-state index contributed by atoms with van der Waals surface area (Å²) in [6.07, 6.45) is 1.87. The Morgan fingerprint density at radius 1 is 1.57 bits per heavy atom. The maximum Gasteiger partial charge on any atom is 0.327 e. The van der Waals surface area contributed by atoms with Gasteiger partial charge in [-0.3, -0.25) is 4.55 Å². The number of hydrogen-bond acceptors (Lipinski definition) is 4. The maximum absolute atomic E-state index is 10.7. The molecule has 0 saturated carbocycles. The average Bonchev–Trinajstić information content (AvgIpc) is 2.00. The lowest BCUT2D eigenvalue weighted by Crippen LogP contribution is -2.24. The van der Waals surface area contributed by atoms with Gasteiger partial charge in [0.25, 0.3) is 10.1 Å². The number of rotatable bonds is 6. The molecule has 0 heterocycles. The summed E-state index contributed by atoms with van der Waals surface area (Å²) in [5, 5.41) is 7.11. The predicted octanol–water partition coefficient (Wildman–Crippen LogP) is -0.0799. The van der Waals surface area contributed by atoms with E-state index in [4.69, 9.17) is 9.66 Å². The summed E-state index contributed by atoms with van der Waals surface area (Å²) in [6, 6.07) is 0. The first-order valence-electron chi connectivity index (χ1n) is 3.72. The Labute approximate surface area is 81.9 Å². The van der Waals surface area contributed by atoms with Crippen molar-refractivity contribution in [1.82, 2.24) is 0 Å². The monoisotopic (exact) mass is 224 g/mol. The van der Waals surface area contributed by atoms with Crippen LogP contribution >= 0.6 is 0 Å². The normalized spacial score (nSPS) is 14.4. The Hall–Kier alpha value is -0.920. The fourth-order valence-corrected chi connectivity index (χ4v) is 1.44. The lowest BCUT2D eigenvalue weighted by Gasteiger charge is -2.09. The molecule has 0 radical (unpaired) electrons. The molecule has 0 aromatic carbocycles. The molecule has 0 aromatic rings. The van der Waals surface area contributed by atoms with E-state index >= 15 is 0 Å². The smallest absolute Gasteiger partial charge is 0.327 e. The van der Waals surface area contributed by atoms with Gasteiger partial charge in [0.05, 0.1) is 6.61 Å². The second-order valence-corrected chi connectivity index (χ2v) is 4.27. The summed E-state index contributed by atoms with van der Waals surface area (Å²) in [5.74, 6) is -1.17. The first-order valence-corrected chi connectivity index (χ1v) is 5.23. The lowest BCUT2D eigenvalue weighted by atomic mass is 10.3. The van der Waals surface area contributed by atoms with E-state index in [0.29, 0.717) is 0 Å². The number of carboxylic acid groups (broad SMARTS) is 1. The molecule has 0 aliphatic carbocycles. The van der Waals surface area contributed by atoms with Gasteiger partial charge < -0.3 is 9.84 Å². The fraction of sp³-hybridized carbons (Fsp3) is 0.571. The van der Waals surface area contributed by atoms with E-state index in [-0.39, 0.29) is 13.0 Å². The largest absolute Gasteiger partial charge is 0.478 e. The zero-order chi connectivity index (χ0) is 11.2. The number of ether oxygens (including phenoxy) is 1. The first-order chi connectivity index (χ1) is 6.38. The van der Waals surface area contributed by atoms with Crippen LogP contribution in [0.15, 0.2) is 12.2 Å². The topological polar surface area (TPSA) is 101 Å². The van der Waals surface area contributed by atoms with E-state index in [0.717, 1.165) is 12.2 Å². The molecule has 0 aliphatic heterocycles. The molecule has 0 bridgehead atoms. The number of hydrogen-bond donors (Lipinski definition) is 2.